The number of amides is 1. The second kappa shape index (κ2) is 6.94. The summed E-state index contributed by atoms with van der Waals surface area (Å²) in [6.07, 6.45) is 0.894. The van der Waals surface area contributed by atoms with Gasteiger partial charge in [-0.1, -0.05) is 19.0 Å². The van der Waals surface area contributed by atoms with E-state index in [0.717, 1.165) is 6.42 Å². The number of halogens is 1. The fraction of sp³-hybridized carbons (Fsp3) is 0.562. The lowest BCUT2D eigenvalue weighted by Crippen LogP contribution is -2.36. The van der Waals surface area contributed by atoms with Crippen LogP contribution in [0.4, 0.5) is 0 Å². The second-order valence-corrected chi connectivity index (χ2v) is 6.79. The summed E-state index contributed by atoms with van der Waals surface area (Å²) in [5.41, 5.74) is 0. The Morgan fingerprint density at radius 3 is 2.92 bits per heavy atom. The molecule has 1 fully saturated rings. The zero-order valence-electron chi connectivity index (χ0n) is 14.0. The minimum atomic E-state index is -0.126. The Labute approximate surface area is 145 Å². The lowest BCUT2D eigenvalue weighted by atomic mass is 10.2. The van der Waals surface area contributed by atoms with Gasteiger partial charge in [-0.25, -0.2) is 0 Å². The van der Waals surface area contributed by atoms with Crippen LogP contribution in [0.15, 0.2) is 21.1 Å². The average Bonchev–Trinajstić information content (AvgIpc) is 3.26. The van der Waals surface area contributed by atoms with Crippen LogP contribution in [-0.4, -0.2) is 52.0 Å². The quantitative estimate of drug-likeness (QED) is 0.823. The first kappa shape index (κ1) is 17.0. The molecule has 8 heteroatoms. The maximum absolute atomic E-state index is 12.4. The Balaban J connectivity index is 1.57. The van der Waals surface area contributed by atoms with E-state index in [9.17, 15) is 4.79 Å². The van der Waals surface area contributed by atoms with Gasteiger partial charge in [0.1, 0.15) is 0 Å². The van der Waals surface area contributed by atoms with Gasteiger partial charge in [-0.05, 0) is 37.2 Å². The highest BCUT2D eigenvalue weighted by atomic mass is 35.5. The molecule has 0 saturated carbocycles. The number of furan rings is 1. The normalized spacial score (nSPS) is 18.1. The third-order valence-electron chi connectivity index (χ3n) is 4.23. The fourth-order valence-electron chi connectivity index (χ4n) is 2.79. The number of hydrogen-bond acceptors (Lipinski definition) is 6. The molecule has 0 aliphatic carbocycles. The van der Waals surface area contributed by atoms with E-state index >= 15 is 0 Å². The molecule has 7 nitrogen and oxygen atoms in total. The van der Waals surface area contributed by atoms with E-state index in [1.165, 1.54) is 0 Å². The molecule has 1 unspecified atom stereocenters. The molecule has 3 rings (SSSR count). The van der Waals surface area contributed by atoms with Crippen LogP contribution in [0.1, 0.15) is 48.5 Å². The Morgan fingerprint density at radius 1 is 1.50 bits per heavy atom. The first-order valence-corrected chi connectivity index (χ1v) is 8.39. The third-order valence-corrected chi connectivity index (χ3v) is 4.43. The van der Waals surface area contributed by atoms with E-state index in [2.05, 4.69) is 15.0 Å². The smallest absolute Gasteiger partial charge is 0.289 e. The van der Waals surface area contributed by atoms with Crippen LogP contribution in [0, 0.1) is 0 Å². The topological polar surface area (TPSA) is 75.6 Å². The minimum absolute atomic E-state index is 0.126. The van der Waals surface area contributed by atoms with E-state index in [1.54, 1.807) is 17.0 Å². The molecule has 24 heavy (non-hydrogen) atoms. The predicted molar refractivity (Wildman–Crippen MR) is 87.9 cm³/mol. The van der Waals surface area contributed by atoms with Gasteiger partial charge in [-0.15, -0.1) is 0 Å². The maximum atomic E-state index is 12.4. The van der Waals surface area contributed by atoms with E-state index < -0.39 is 0 Å². The van der Waals surface area contributed by atoms with Crippen molar-refractivity contribution in [2.75, 3.05) is 20.1 Å². The highest BCUT2D eigenvalue weighted by Crippen LogP contribution is 2.21. The number of carbonyl (C=O) groups is 1. The summed E-state index contributed by atoms with van der Waals surface area (Å²) < 4.78 is 10.4. The first-order valence-electron chi connectivity index (χ1n) is 8.01. The molecule has 0 spiro atoms. The molecule has 0 aromatic carbocycles. The van der Waals surface area contributed by atoms with Crippen molar-refractivity contribution >= 4 is 17.5 Å². The highest BCUT2D eigenvalue weighted by molar-refractivity contribution is 6.29. The third kappa shape index (κ3) is 3.62. The zero-order valence-corrected chi connectivity index (χ0v) is 14.8. The summed E-state index contributed by atoms with van der Waals surface area (Å²) in [6, 6.07) is 3.44. The molecule has 0 bridgehead atoms. The largest absolute Gasteiger partial charge is 0.440 e. The van der Waals surface area contributed by atoms with Crippen LogP contribution in [0.25, 0.3) is 0 Å². The predicted octanol–water partition coefficient (Wildman–Crippen LogP) is 2.79. The van der Waals surface area contributed by atoms with Crippen molar-refractivity contribution in [3.05, 3.63) is 34.8 Å². The van der Waals surface area contributed by atoms with Crippen LogP contribution >= 0.6 is 11.6 Å². The van der Waals surface area contributed by atoms with Gasteiger partial charge in [0.15, 0.2) is 16.8 Å². The maximum Gasteiger partial charge on any atom is 0.289 e. The average molecular weight is 353 g/mol. The van der Waals surface area contributed by atoms with Gasteiger partial charge in [-0.3, -0.25) is 9.69 Å². The first-order chi connectivity index (χ1) is 11.4. The van der Waals surface area contributed by atoms with Gasteiger partial charge in [0.25, 0.3) is 5.91 Å². The SMILES string of the molecule is CC(C)c1nc(CN(C)C2CCN(C(=O)c3ccc(Cl)o3)C2)no1. The van der Waals surface area contributed by atoms with E-state index in [1.807, 2.05) is 20.9 Å². The van der Waals surface area contributed by atoms with Crippen LogP contribution in [-0.2, 0) is 6.54 Å². The molecule has 1 atom stereocenters. The molecule has 0 radical (unpaired) electrons. The Hall–Kier alpha value is -1.86. The van der Waals surface area contributed by atoms with Crippen LogP contribution in [0.3, 0.4) is 0 Å². The Bertz CT molecular complexity index is 712. The van der Waals surface area contributed by atoms with Crippen LogP contribution in [0.5, 0.6) is 0 Å². The Kier molecular flexibility index (Phi) is 4.91. The molecule has 2 aromatic rings. The second-order valence-electron chi connectivity index (χ2n) is 6.42. The van der Waals surface area contributed by atoms with E-state index in [-0.39, 0.29) is 28.8 Å². The van der Waals surface area contributed by atoms with Crippen molar-refractivity contribution in [1.29, 1.82) is 0 Å². The fourth-order valence-corrected chi connectivity index (χ4v) is 2.94. The molecule has 2 aromatic heterocycles. The number of likely N-dealkylation sites (tertiary alicyclic amines) is 1. The molecule has 1 aliphatic heterocycles. The molecular formula is C16H21ClN4O3. The van der Waals surface area contributed by atoms with E-state index in [0.29, 0.717) is 31.3 Å². The van der Waals surface area contributed by atoms with Gasteiger partial charge in [0.2, 0.25) is 5.89 Å². The number of aromatic nitrogens is 2. The molecule has 1 amide bonds. The number of likely N-dealkylation sites (N-methyl/N-ethyl adjacent to an activating group) is 1. The molecular weight excluding hydrogens is 332 g/mol. The van der Waals surface area contributed by atoms with Crippen LogP contribution in [0.2, 0.25) is 5.22 Å². The van der Waals surface area contributed by atoms with Gasteiger partial charge in [0, 0.05) is 25.0 Å². The van der Waals surface area contributed by atoms with Crippen molar-refractivity contribution in [2.24, 2.45) is 0 Å². The number of hydrogen-bond donors (Lipinski definition) is 0. The Morgan fingerprint density at radius 2 is 2.29 bits per heavy atom. The summed E-state index contributed by atoms with van der Waals surface area (Å²) in [6.45, 7) is 5.96. The van der Waals surface area contributed by atoms with Gasteiger partial charge in [0.05, 0.1) is 6.54 Å². The summed E-state index contributed by atoms with van der Waals surface area (Å²) in [7, 11) is 2.01. The lowest BCUT2D eigenvalue weighted by molar-refractivity contribution is 0.0748. The summed E-state index contributed by atoms with van der Waals surface area (Å²) in [4.78, 5) is 20.7. The summed E-state index contributed by atoms with van der Waals surface area (Å²) in [5, 5.41) is 4.24. The minimum Gasteiger partial charge on any atom is -0.440 e. The van der Waals surface area contributed by atoms with Crippen molar-refractivity contribution in [3.63, 3.8) is 0 Å². The van der Waals surface area contributed by atoms with Gasteiger partial charge < -0.3 is 13.8 Å². The molecule has 1 aliphatic rings. The van der Waals surface area contributed by atoms with Crippen molar-refractivity contribution in [3.8, 4) is 0 Å². The highest BCUT2D eigenvalue weighted by Gasteiger charge is 2.31. The molecule has 130 valence electrons. The lowest BCUT2D eigenvalue weighted by Gasteiger charge is -2.23. The summed E-state index contributed by atoms with van der Waals surface area (Å²) in [5.74, 6) is 1.69. The molecule has 3 heterocycles. The number of nitrogens with zero attached hydrogens (tertiary/aromatic N) is 4. The number of rotatable bonds is 5. The van der Waals surface area contributed by atoms with Crippen LogP contribution < -0.4 is 0 Å². The van der Waals surface area contributed by atoms with Crippen molar-refractivity contribution in [1.82, 2.24) is 19.9 Å². The zero-order chi connectivity index (χ0) is 17.3. The standard InChI is InChI=1S/C16H21ClN4O3/c1-10(2)15-18-14(19-24-15)9-20(3)11-6-7-21(8-11)16(22)12-4-5-13(17)23-12/h4-5,10-11H,6-9H2,1-3H3. The number of carbonyl (C=O) groups excluding carboxylic acids is 1. The van der Waals surface area contributed by atoms with Crippen molar-refractivity contribution < 1.29 is 13.7 Å². The van der Waals surface area contributed by atoms with Gasteiger partial charge in [-0.2, -0.15) is 4.98 Å². The monoisotopic (exact) mass is 352 g/mol. The van der Waals surface area contributed by atoms with Crippen molar-refractivity contribution in [2.45, 2.75) is 38.8 Å². The van der Waals surface area contributed by atoms with Gasteiger partial charge >= 0.3 is 0 Å². The summed E-state index contributed by atoms with van der Waals surface area (Å²) >= 11 is 5.74. The van der Waals surface area contributed by atoms with E-state index in [4.69, 9.17) is 20.5 Å². The molecule has 1 saturated heterocycles. The molecule has 0 N–H and O–H groups in total.